The Morgan fingerprint density at radius 3 is 3.00 bits per heavy atom. The normalized spacial score (nSPS) is 17.8. The minimum atomic E-state index is -0.303. The summed E-state index contributed by atoms with van der Waals surface area (Å²) >= 11 is 0. The number of carbonyl (C=O) groups is 1. The topological polar surface area (TPSA) is 72.9 Å². The summed E-state index contributed by atoms with van der Waals surface area (Å²) in [5.74, 6) is 0.801. The van der Waals surface area contributed by atoms with Gasteiger partial charge in [0.2, 0.25) is 5.91 Å². The largest absolute Gasteiger partial charge is 0.356 e. The summed E-state index contributed by atoms with van der Waals surface area (Å²) in [6.45, 7) is 1.91. The maximum Gasteiger partial charge on any atom is 0.223 e. The van der Waals surface area contributed by atoms with E-state index in [1.54, 1.807) is 38.3 Å². The molecule has 1 atom stereocenters. The number of amides is 1. The molecule has 0 saturated carbocycles. The number of pyridine rings is 1. The third-order valence-electron chi connectivity index (χ3n) is 3.92. The average molecular weight is 336 g/mol. The van der Waals surface area contributed by atoms with Gasteiger partial charge in [0.05, 0.1) is 0 Å². The summed E-state index contributed by atoms with van der Waals surface area (Å²) in [5, 5.41) is 6.44. The Hall–Kier alpha value is -2.38. The van der Waals surface area contributed by atoms with Crippen LogP contribution in [-0.4, -0.2) is 68.6 Å². The molecular formula is C16H25FN6O. The van der Waals surface area contributed by atoms with Crippen molar-refractivity contribution < 1.29 is 9.18 Å². The molecule has 7 nitrogen and oxygen atoms in total. The predicted octanol–water partition coefficient (Wildman–Crippen LogP) is 0.443. The number of rotatable bonds is 5. The highest BCUT2D eigenvalue weighted by atomic mass is 19.1. The van der Waals surface area contributed by atoms with Crippen LogP contribution < -0.4 is 15.5 Å². The number of carbonyl (C=O) groups excluding carboxylic acids is 1. The lowest BCUT2D eigenvalue weighted by Gasteiger charge is -2.20. The molecule has 1 aliphatic heterocycles. The molecule has 8 heteroatoms. The van der Waals surface area contributed by atoms with Gasteiger partial charge < -0.3 is 20.4 Å². The van der Waals surface area contributed by atoms with Crippen molar-refractivity contribution in [3.8, 4) is 0 Å². The Balaban J connectivity index is 1.81. The van der Waals surface area contributed by atoms with Crippen LogP contribution in [0.2, 0.25) is 0 Å². The molecule has 2 heterocycles. The maximum absolute atomic E-state index is 13.8. The van der Waals surface area contributed by atoms with Crippen LogP contribution in [0.15, 0.2) is 23.3 Å². The second-order valence-electron chi connectivity index (χ2n) is 5.92. The van der Waals surface area contributed by atoms with Crippen molar-refractivity contribution in [2.75, 3.05) is 45.7 Å². The van der Waals surface area contributed by atoms with Crippen LogP contribution in [-0.2, 0) is 4.79 Å². The number of nitrogens with one attached hydrogen (secondary N) is 2. The fourth-order valence-corrected chi connectivity index (χ4v) is 2.58. The summed E-state index contributed by atoms with van der Waals surface area (Å²) in [6.07, 6.45) is 2.87. The van der Waals surface area contributed by atoms with Gasteiger partial charge in [0.1, 0.15) is 0 Å². The molecule has 1 saturated heterocycles. The molecule has 1 aromatic heterocycles. The number of anilines is 1. The fraction of sp³-hybridized carbons (Fsp3) is 0.562. The maximum atomic E-state index is 13.8. The van der Waals surface area contributed by atoms with E-state index < -0.39 is 0 Å². The summed E-state index contributed by atoms with van der Waals surface area (Å²) in [5.41, 5.74) is 0. The standard InChI is InChI=1S/C16H25FN6O/c1-18-16(20-9-6-14(24)22(2)3)21-12-7-10-23(11-12)15-13(17)5-4-8-19-15/h4-5,8,12H,6-7,9-11H2,1-3H3,(H2,18,20,21). The molecule has 0 spiro atoms. The quantitative estimate of drug-likeness (QED) is 0.603. The third-order valence-corrected chi connectivity index (χ3v) is 3.92. The molecule has 0 bridgehead atoms. The van der Waals surface area contributed by atoms with Crippen molar-refractivity contribution in [1.82, 2.24) is 20.5 Å². The van der Waals surface area contributed by atoms with E-state index in [0.717, 1.165) is 13.0 Å². The summed E-state index contributed by atoms with van der Waals surface area (Å²) in [4.78, 5) is 23.3. The lowest BCUT2D eigenvalue weighted by atomic mass is 10.3. The first kappa shape index (κ1) is 18.0. The molecule has 1 fully saturated rings. The number of nitrogens with zero attached hydrogens (tertiary/aromatic N) is 4. The van der Waals surface area contributed by atoms with Crippen LogP contribution >= 0.6 is 0 Å². The number of aromatic nitrogens is 1. The fourth-order valence-electron chi connectivity index (χ4n) is 2.58. The van der Waals surface area contributed by atoms with Crippen LogP contribution in [0.4, 0.5) is 10.2 Å². The number of halogens is 1. The van der Waals surface area contributed by atoms with Crippen LogP contribution in [0.5, 0.6) is 0 Å². The van der Waals surface area contributed by atoms with Gasteiger partial charge in [-0.25, -0.2) is 9.37 Å². The predicted molar refractivity (Wildman–Crippen MR) is 92.6 cm³/mol. The van der Waals surface area contributed by atoms with Crippen molar-refractivity contribution in [3.05, 3.63) is 24.1 Å². The molecular weight excluding hydrogens is 311 g/mol. The highest BCUT2D eigenvalue weighted by Gasteiger charge is 2.25. The molecule has 2 N–H and O–H groups in total. The smallest absolute Gasteiger partial charge is 0.223 e. The second-order valence-corrected chi connectivity index (χ2v) is 5.92. The van der Waals surface area contributed by atoms with E-state index in [4.69, 9.17) is 0 Å². The Bertz CT molecular complexity index is 592. The van der Waals surface area contributed by atoms with Gasteiger partial charge in [-0.1, -0.05) is 0 Å². The first-order valence-corrected chi connectivity index (χ1v) is 8.04. The van der Waals surface area contributed by atoms with Crippen LogP contribution in [0, 0.1) is 5.82 Å². The molecule has 1 aromatic rings. The molecule has 132 valence electrons. The highest BCUT2D eigenvalue weighted by molar-refractivity contribution is 5.81. The number of hydrogen-bond donors (Lipinski definition) is 2. The van der Waals surface area contributed by atoms with Gasteiger partial charge >= 0.3 is 0 Å². The van der Waals surface area contributed by atoms with Crippen molar-refractivity contribution in [2.24, 2.45) is 4.99 Å². The van der Waals surface area contributed by atoms with Crippen molar-refractivity contribution in [1.29, 1.82) is 0 Å². The zero-order chi connectivity index (χ0) is 17.5. The van der Waals surface area contributed by atoms with Crippen molar-refractivity contribution in [2.45, 2.75) is 18.9 Å². The lowest BCUT2D eigenvalue weighted by molar-refractivity contribution is -0.128. The summed E-state index contributed by atoms with van der Waals surface area (Å²) < 4.78 is 13.8. The number of aliphatic imine (C=N–C) groups is 1. The van der Waals surface area contributed by atoms with Gasteiger partial charge in [0.25, 0.3) is 0 Å². The average Bonchev–Trinajstić information content (AvgIpc) is 3.02. The number of guanidine groups is 1. The Morgan fingerprint density at radius 2 is 2.33 bits per heavy atom. The Morgan fingerprint density at radius 1 is 1.54 bits per heavy atom. The molecule has 0 aliphatic carbocycles. The molecule has 0 aromatic carbocycles. The third kappa shape index (κ3) is 4.81. The first-order valence-electron chi connectivity index (χ1n) is 8.04. The molecule has 1 aliphatic rings. The minimum Gasteiger partial charge on any atom is -0.356 e. The zero-order valence-corrected chi connectivity index (χ0v) is 14.4. The van der Waals surface area contributed by atoms with E-state index in [0.29, 0.717) is 31.3 Å². The Kier molecular flexibility index (Phi) is 6.34. The van der Waals surface area contributed by atoms with E-state index in [-0.39, 0.29) is 17.8 Å². The number of hydrogen-bond acceptors (Lipinski definition) is 4. The van der Waals surface area contributed by atoms with Crippen molar-refractivity contribution >= 4 is 17.7 Å². The second kappa shape index (κ2) is 8.47. The van der Waals surface area contributed by atoms with E-state index in [1.165, 1.54) is 6.07 Å². The van der Waals surface area contributed by atoms with Crippen molar-refractivity contribution in [3.63, 3.8) is 0 Å². The SMILES string of the molecule is CN=C(NCCC(=O)N(C)C)NC1CCN(c2ncccc2F)C1. The lowest BCUT2D eigenvalue weighted by Crippen LogP contribution is -2.45. The molecule has 1 unspecified atom stereocenters. The molecule has 1 amide bonds. The van der Waals surface area contributed by atoms with Gasteiger partial charge in [-0.15, -0.1) is 0 Å². The molecule has 0 radical (unpaired) electrons. The van der Waals surface area contributed by atoms with Crippen LogP contribution in [0.25, 0.3) is 0 Å². The van der Waals surface area contributed by atoms with Gasteiger partial charge in [-0.05, 0) is 18.6 Å². The molecule has 2 rings (SSSR count). The first-order chi connectivity index (χ1) is 11.5. The van der Waals surface area contributed by atoms with Crippen LogP contribution in [0.1, 0.15) is 12.8 Å². The zero-order valence-electron chi connectivity index (χ0n) is 14.4. The Labute approximate surface area is 142 Å². The van der Waals surface area contributed by atoms with E-state index in [1.807, 2.05) is 4.90 Å². The van der Waals surface area contributed by atoms with Gasteiger partial charge in [-0.3, -0.25) is 9.79 Å². The molecule has 24 heavy (non-hydrogen) atoms. The van der Waals surface area contributed by atoms with Crippen LogP contribution in [0.3, 0.4) is 0 Å². The van der Waals surface area contributed by atoms with Gasteiger partial charge in [0.15, 0.2) is 17.6 Å². The van der Waals surface area contributed by atoms with E-state index in [2.05, 4.69) is 20.6 Å². The summed E-state index contributed by atoms with van der Waals surface area (Å²) in [7, 11) is 5.16. The highest BCUT2D eigenvalue weighted by Crippen LogP contribution is 2.20. The monoisotopic (exact) mass is 336 g/mol. The minimum absolute atomic E-state index is 0.0654. The van der Waals surface area contributed by atoms with Gasteiger partial charge in [0, 0.05) is 59.4 Å². The van der Waals surface area contributed by atoms with E-state index in [9.17, 15) is 9.18 Å². The van der Waals surface area contributed by atoms with Gasteiger partial charge in [-0.2, -0.15) is 0 Å². The van der Waals surface area contributed by atoms with E-state index >= 15 is 0 Å². The summed E-state index contributed by atoms with van der Waals surface area (Å²) in [6, 6.07) is 3.17.